The van der Waals surface area contributed by atoms with Crippen molar-refractivity contribution in [2.24, 2.45) is 5.10 Å². The number of aromatic nitrogens is 2. The minimum atomic E-state index is -0.233. The Balaban J connectivity index is 1.27. The zero-order valence-corrected chi connectivity index (χ0v) is 21.1. The standard InChI is InChI=1S/C29H20BrN3O4/c30-23-14-19(10-12-25(23)35-17-20-11-13-26-27(15-20)37-18-36-26)16-31-33-28(21-6-2-1-3-7-21)32-24-9-5-4-8-22(24)29(33)34/h1-16H,17-18H2. The van der Waals surface area contributed by atoms with Crippen LogP contribution in [0.15, 0.2) is 105 Å². The Bertz CT molecular complexity index is 1700. The summed E-state index contributed by atoms with van der Waals surface area (Å²) in [6.45, 7) is 0.615. The zero-order valence-electron chi connectivity index (χ0n) is 19.5. The molecule has 1 aromatic heterocycles. The van der Waals surface area contributed by atoms with Gasteiger partial charge in [-0.25, -0.2) is 4.98 Å². The molecule has 0 unspecified atom stereocenters. The molecule has 4 aromatic carbocycles. The van der Waals surface area contributed by atoms with E-state index in [2.05, 4.69) is 21.0 Å². The fraction of sp³-hybridized carbons (Fsp3) is 0.0690. The van der Waals surface area contributed by atoms with Crippen molar-refractivity contribution in [3.8, 4) is 28.6 Å². The number of benzene rings is 4. The van der Waals surface area contributed by atoms with Gasteiger partial charge in [-0.2, -0.15) is 9.78 Å². The van der Waals surface area contributed by atoms with Crippen LogP contribution in [-0.4, -0.2) is 22.7 Å². The molecular formula is C29H20BrN3O4. The summed E-state index contributed by atoms with van der Waals surface area (Å²) in [6, 6.07) is 28.2. The minimum absolute atomic E-state index is 0.233. The maximum atomic E-state index is 13.3. The van der Waals surface area contributed by atoms with Gasteiger partial charge in [0.05, 0.1) is 21.6 Å². The molecule has 182 valence electrons. The first-order valence-electron chi connectivity index (χ1n) is 11.6. The number of rotatable bonds is 6. The van der Waals surface area contributed by atoms with Gasteiger partial charge >= 0.3 is 0 Å². The summed E-state index contributed by atoms with van der Waals surface area (Å²) in [5, 5.41) is 5.04. The van der Waals surface area contributed by atoms with Gasteiger partial charge < -0.3 is 14.2 Å². The summed E-state index contributed by atoms with van der Waals surface area (Å²) >= 11 is 3.58. The number of fused-ring (bicyclic) bond motifs is 2. The van der Waals surface area contributed by atoms with Crippen LogP contribution >= 0.6 is 15.9 Å². The molecule has 0 saturated carbocycles. The van der Waals surface area contributed by atoms with Gasteiger partial charge in [-0.1, -0.05) is 48.5 Å². The molecule has 6 rings (SSSR count). The number of hydrogen-bond donors (Lipinski definition) is 0. The molecule has 37 heavy (non-hydrogen) atoms. The van der Waals surface area contributed by atoms with Crippen molar-refractivity contribution in [2.45, 2.75) is 6.61 Å². The molecule has 0 saturated heterocycles. The molecule has 0 N–H and O–H groups in total. The van der Waals surface area contributed by atoms with Crippen molar-refractivity contribution in [3.05, 3.63) is 117 Å². The zero-order chi connectivity index (χ0) is 25.2. The van der Waals surface area contributed by atoms with Crippen LogP contribution < -0.4 is 19.8 Å². The molecule has 0 bridgehead atoms. The Morgan fingerprint density at radius 3 is 2.62 bits per heavy atom. The summed E-state index contributed by atoms with van der Waals surface area (Å²) in [5.74, 6) is 2.62. The average molecular weight is 554 g/mol. The van der Waals surface area contributed by atoms with Crippen molar-refractivity contribution in [1.29, 1.82) is 0 Å². The first-order chi connectivity index (χ1) is 18.2. The number of nitrogens with zero attached hydrogens (tertiary/aromatic N) is 3. The van der Waals surface area contributed by atoms with Gasteiger partial charge in [-0.15, -0.1) is 0 Å². The van der Waals surface area contributed by atoms with E-state index in [0.717, 1.165) is 32.7 Å². The monoisotopic (exact) mass is 553 g/mol. The molecule has 2 heterocycles. The smallest absolute Gasteiger partial charge is 0.282 e. The third-order valence-corrected chi connectivity index (χ3v) is 6.52. The number of hydrogen-bond acceptors (Lipinski definition) is 6. The van der Waals surface area contributed by atoms with Crippen molar-refractivity contribution in [2.75, 3.05) is 6.79 Å². The van der Waals surface area contributed by atoms with Gasteiger partial charge in [0, 0.05) is 5.56 Å². The average Bonchev–Trinajstić information content (AvgIpc) is 3.40. The van der Waals surface area contributed by atoms with E-state index in [1.165, 1.54) is 4.68 Å². The maximum absolute atomic E-state index is 13.3. The Labute approximate surface area is 220 Å². The van der Waals surface area contributed by atoms with Gasteiger partial charge in [0.1, 0.15) is 12.4 Å². The van der Waals surface area contributed by atoms with E-state index < -0.39 is 0 Å². The van der Waals surface area contributed by atoms with Crippen molar-refractivity contribution in [3.63, 3.8) is 0 Å². The van der Waals surface area contributed by atoms with Crippen LogP contribution in [0.1, 0.15) is 11.1 Å². The van der Waals surface area contributed by atoms with E-state index in [0.29, 0.717) is 29.1 Å². The molecule has 1 aliphatic heterocycles. The lowest BCUT2D eigenvalue weighted by atomic mass is 10.2. The molecule has 0 amide bonds. The van der Waals surface area contributed by atoms with Gasteiger partial charge in [0.15, 0.2) is 17.3 Å². The summed E-state index contributed by atoms with van der Waals surface area (Å²) in [7, 11) is 0. The van der Waals surface area contributed by atoms with E-state index in [1.54, 1.807) is 12.3 Å². The third-order valence-electron chi connectivity index (χ3n) is 5.90. The first kappa shape index (κ1) is 23.0. The van der Waals surface area contributed by atoms with Gasteiger partial charge in [-0.3, -0.25) is 4.79 Å². The number of halogens is 1. The van der Waals surface area contributed by atoms with E-state index in [1.807, 2.05) is 84.9 Å². The van der Waals surface area contributed by atoms with E-state index in [9.17, 15) is 4.79 Å². The van der Waals surface area contributed by atoms with E-state index >= 15 is 0 Å². The topological polar surface area (TPSA) is 74.9 Å². The normalized spacial score (nSPS) is 12.4. The molecule has 5 aromatic rings. The van der Waals surface area contributed by atoms with Crippen molar-refractivity contribution in [1.82, 2.24) is 9.66 Å². The quantitative estimate of drug-likeness (QED) is 0.240. The van der Waals surface area contributed by atoms with Gasteiger partial charge in [0.2, 0.25) is 6.79 Å². The molecule has 1 aliphatic rings. The highest BCUT2D eigenvalue weighted by Gasteiger charge is 2.14. The third kappa shape index (κ3) is 4.71. The fourth-order valence-corrected chi connectivity index (χ4v) is 4.55. The number of ether oxygens (including phenoxy) is 3. The lowest BCUT2D eigenvalue weighted by Crippen LogP contribution is -2.20. The van der Waals surface area contributed by atoms with Crippen LogP contribution in [0.5, 0.6) is 17.2 Å². The number of para-hydroxylation sites is 1. The summed E-state index contributed by atoms with van der Waals surface area (Å²) < 4.78 is 18.9. The second-order valence-corrected chi connectivity index (χ2v) is 9.20. The highest BCUT2D eigenvalue weighted by atomic mass is 79.9. The molecular weight excluding hydrogens is 534 g/mol. The van der Waals surface area contributed by atoms with Gasteiger partial charge in [0.25, 0.3) is 5.56 Å². The van der Waals surface area contributed by atoms with Gasteiger partial charge in [-0.05, 0) is 69.5 Å². The molecule has 0 spiro atoms. The summed E-state index contributed by atoms with van der Waals surface area (Å²) in [4.78, 5) is 18.0. The first-order valence-corrected chi connectivity index (χ1v) is 12.4. The largest absolute Gasteiger partial charge is 0.488 e. The highest BCUT2D eigenvalue weighted by Crippen LogP contribution is 2.33. The van der Waals surface area contributed by atoms with Crippen LogP contribution in [0.2, 0.25) is 0 Å². The molecule has 0 aliphatic carbocycles. The predicted octanol–water partition coefficient (Wildman–Crippen LogP) is 6.02. The Morgan fingerprint density at radius 2 is 1.76 bits per heavy atom. The second kappa shape index (κ2) is 9.91. The molecule has 7 nitrogen and oxygen atoms in total. The van der Waals surface area contributed by atoms with E-state index in [-0.39, 0.29) is 12.4 Å². The van der Waals surface area contributed by atoms with Crippen LogP contribution in [0.25, 0.3) is 22.3 Å². The Kier molecular flexibility index (Phi) is 6.16. The van der Waals surface area contributed by atoms with Crippen molar-refractivity contribution >= 4 is 33.0 Å². The Hall–Kier alpha value is -4.43. The minimum Gasteiger partial charge on any atom is -0.488 e. The molecule has 0 radical (unpaired) electrons. The molecule has 8 heteroatoms. The van der Waals surface area contributed by atoms with Crippen LogP contribution in [0.4, 0.5) is 0 Å². The SMILES string of the molecule is O=c1c2ccccc2nc(-c2ccccc2)n1N=Cc1ccc(OCc2ccc3c(c2)OCO3)c(Br)c1. The van der Waals surface area contributed by atoms with Crippen molar-refractivity contribution < 1.29 is 14.2 Å². The molecule has 0 atom stereocenters. The van der Waals surface area contributed by atoms with Crippen LogP contribution in [-0.2, 0) is 6.61 Å². The maximum Gasteiger partial charge on any atom is 0.282 e. The highest BCUT2D eigenvalue weighted by molar-refractivity contribution is 9.10. The fourth-order valence-electron chi connectivity index (χ4n) is 4.04. The van der Waals surface area contributed by atoms with Crippen LogP contribution in [0, 0.1) is 0 Å². The lowest BCUT2D eigenvalue weighted by molar-refractivity contribution is 0.174. The Morgan fingerprint density at radius 1 is 0.946 bits per heavy atom. The van der Waals surface area contributed by atoms with E-state index in [4.69, 9.17) is 19.2 Å². The summed E-state index contributed by atoms with van der Waals surface area (Å²) in [6.07, 6.45) is 1.64. The molecule has 0 fully saturated rings. The summed E-state index contributed by atoms with van der Waals surface area (Å²) in [5.41, 5.74) is 2.96. The van der Waals surface area contributed by atoms with Crippen LogP contribution in [0.3, 0.4) is 0 Å². The lowest BCUT2D eigenvalue weighted by Gasteiger charge is -2.10. The predicted molar refractivity (Wildman–Crippen MR) is 145 cm³/mol. The second-order valence-electron chi connectivity index (χ2n) is 8.35.